The zero-order chi connectivity index (χ0) is 104. The lowest BCUT2D eigenvalue weighted by Gasteiger charge is -2.43. The van der Waals surface area contributed by atoms with Crippen LogP contribution < -0.4 is 11.1 Å². The largest absolute Gasteiger partial charge is 0.460 e. The quantitative estimate of drug-likeness (QED) is 0.0690. The van der Waals surface area contributed by atoms with E-state index in [9.17, 15) is 18.0 Å². The molecule has 2 aromatic rings. The molecule has 1 aromatic carbocycles. The van der Waals surface area contributed by atoms with Crippen molar-refractivity contribution >= 4 is 21.7 Å². The monoisotopic (exact) mass is 1930 g/mol. The van der Waals surface area contributed by atoms with Gasteiger partial charge in [0.1, 0.15) is 28.2 Å². The van der Waals surface area contributed by atoms with Crippen LogP contribution in [-0.2, 0) is 37.1 Å². The summed E-state index contributed by atoms with van der Waals surface area (Å²) in [6, 6.07) is 19.3. The minimum atomic E-state index is -2.78. The van der Waals surface area contributed by atoms with Crippen LogP contribution in [-0.4, -0.2) is 152 Å². The highest BCUT2D eigenvalue weighted by atomic mass is 32.2. The second-order valence-electron chi connectivity index (χ2n) is 51.4. The summed E-state index contributed by atoms with van der Waals surface area (Å²) in [6.07, 6.45) is 39.7. The van der Waals surface area contributed by atoms with Crippen LogP contribution in [0.5, 0.6) is 0 Å². The highest BCUT2D eigenvalue weighted by Crippen LogP contribution is 2.49. The molecule has 12 rings (SSSR count). The van der Waals surface area contributed by atoms with Crippen molar-refractivity contribution in [3.63, 3.8) is 0 Å². The minimum Gasteiger partial charge on any atom is -0.460 e. The first kappa shape index (κ1) is 127. The van der Waals surface area contributed by atoms with E-state index in [4.69, 9.17) is 36.8 Å². The molecule has 3 N–H and O–H groups in total. The number of amides is 1. The number of nitriles is 5. The molecular weight excluding hydrogens is 1720 g/mol. The third-order valence-corrected chi connectivity index (χ3v) is 35.8. The number of nitrogens with two attached hydrogens (primary N) is 1. The standard InChI is InChI=1S/C16H21N.C14H23N3.C14H26O2.C12H20N2O.2C12H22N2.C12H24O2S.C11H19N.C9H19N.C7H15N/c1-12(2)16-9-14(10-16)7-6-13-4-3-5-15(8-13)11-17;1-12(2)14(3)4-6-17(7-5-14)10-13-8-15-11-16-9-13;1-13(2,3)11-7-10(8-11)9-12(15)16-14(4,5)6;1-9(2)11-8-14(7-5-10(11)3)12(15)4-6-13;1-11(2)12(3)5-9-14(10-6-12)8-4-7-13;1-10(2)12-5-8-14(7-4-6-13)9-11(12)3;1-12(2,3)11-7-5-10(6-8-11)9-15(4,13)14;1-9(2)11-7-10(8-11)5-3-4-6-12;1-8(2)9(3)4-6-10-7-5-9;1-5(2)6-3-7(8)4-6/h3-5,8,12,14,16H,6-7,9-10H2,1-2H3;8-9,11-12H,4-7,10H2,1-3H3;10-11H,7-9H2,1-6H3;9-11H,4-5,7-8H2,1-3H3;11H,4-6,8-10H2,1-3H3;10-12H,4-5,7-9H2,1-3H3;10-11H,5-9H2,1-4H3;9-11H,3-5,7-8H2,1-2H3;8,10H,4-7H2,1-3H3;5-7H,3-4,8H2,1-2H3. The van der Waals surface area contributed by atoms with Crippen molar-refractivity contribution in [1.82, 2.24) is 34.9 Å². The smallest absolute Gasteiger partial charge is 0.306 e. The first-order valence-corrected chi connectivity index (χ1v) is 57.5. The number of rotatable bonds is 25. The molecular formula is C119H211N13O5S. The van der Waals surface area contributed by atoms with Gasteiger partial charge in [-0.2, -0.15) is 26.3 Å². The molecule has 4 unspecified atom stereocenters. The lowest BCUT2D eigenvalue weighted by atomic mass is 9.62. The highest BCUT2D eigenvalue weighted by molar-refractivity contribution is 7.90. The van der Waals surface area contributed by atoms with Crippen molar-refractivity contribution in [1.29, 1.82) is 26.3 Å². The van der Waals surface area contributed by atoms with Crippen LogP contribution in [0.1, 0.15) is 404 Å². The van der Waals surface area contributed by atoms with Gasteiger partial charge in [-0.05, 0) is 390 Å². The van der Waals surface area contributed by atoms with Crippen LogP contribution in [0, 0.1) is 208 Å². The fourth-order valence-electron chi connectivity index (χ4n) is 22.0. The summed E-state index contributed by atoms with van der Waals surface area (Å²) in [5.74, 6) is 17.0. The Morgan fingerprint density at radius 2 is 0.986 bits per heavy atom. The second-order valence-corrected chi connectivity index (χ2v) is 53.6. The van der Waals surface area contributed by atoms with Crippen LogP contribution in [0.25, 0.3) is 0 Å². The average Bonchev–Trinajstić information content (AvgIpc) is 0.796. The number of hydrogen-bond acceptors (Lipinski definition) is 17. The number of carbonyl (C=O) groups excluding carboxylic acids is 2. The van der Waals surface area contributed by atoms with Crippen LogP contribution in [0.4, 0.5) is 0 Å². The number of nitrogens with zero attached hydrogens (tertiary/aromatic N) is 11. The van der Waals surface area contributed by atoms with Gasteiger partial charge in [0.05, 0.1) is 41.7 Å². The topological polar surface area (TPSA) is 273 Å². The maximum atomic E-state index is 11.6. The van der Waals surface area contributed by atoms with E-state index in [-0.39, 0.29) is 23.9 Å². The molecule has 138 heavy (non-hydrogen) atoms. The number of esters is 1. The fourth-order valence-corrected chi connectivity index (χ4v) is 23.2. The molecule has 10 aliphatic rings. The summed E-state index contributed by atoms with van der Waals surface area (Å²) in [7, 11) is -2.78. The van der Waals surface area contributed by atoms with Crippen LogP contribution in [0.3, 0.4) is 0 Å². The fraction of sp³-hybridized carbons (Fsp3) is 0.857. The van der Waals surface area contributed by atoms with Gasteiger partial charge in [0.25, 0.3) is 0 Å². The lowest BCUT2D eigenvalue weighted by molar-refractivity contribution is -0.157. The third kappa shape index (κ3) is 49.8. The molecule has 0 spiro atoms. The van der Waals surface area contributed by atoms with E-state index in [1.54, 1.807) is 6.33 Å². The number of unbranched alkanes of at least 4 members (excludes halogenated alkanes) is 1. The number of aromatic nitrogens is 2. The van der Waals surface area contributed by atoms with Crippen molar-refractivity contribution in [3.8, 4) is 30.3 Å². The molecule has 0 radical (unpaired) electrons. The van der Waals surface area contributed by atoms with E-state index in [1.165, 1.54) is 192 Å². The highest BCUT2D eigenvalue weighted by Gasteiger charge is 2.41. The average molecular weight is 1940 g/mol. The number of ether oxygens (including phenoxy) is 1. The molecule has 19 heteroatoms. The number of benzene rings is 1. The molecule has 5 aliphatic heterocycles. The number of aryl methyl sites for hydroxylation is 1. The Labute approximate surface area is 850 Å². The number of likely N-dealkylation sites (tertiary alicyclic amines) is 4. The first-order valence-electron chi connectivity index (χ1n) is 55.4. The Morgan fingerprint density at radius 3 is 1.40 bits per heavy atom. The maximum Gasteiger partial charge on any atom is 0.306 e. The van der Waals surface area contributed by atoms with Crippen LogP contribution in [0.2, 0.25) is 0 Å². The Hall–Kier alpha value is -5.56. The first-order chi connectivity index (χ1) is 64.4. The van der Waals surface area contributed by atoms with E-state index in [0.29, 0.717) is 87.7 Å². The summed E-state index contributed by atoms with van der Waals surface area (Å²) < 4.78 is 27.7. The molecule has 1 amide bonds. The van der Waals surface area contributed by atoms with Crippen LogP contribution >= 0.6 is 0 Å². The summed E-state index contributed by atoms with van der Waals surface area (Å²) in [6.45, 7) is 82.4. The van der Waals surface area contributed by atoms with Gasteiger partial charge < -0.3 is 30.5 Å². The van der Waals surface area contributed by atoms with Crippen molar-refractivity contribution < 1.29 is 22.7 Å². The molecule has 18 nitrogen and oxygen atoms in total. The predicted molar refractivity (Wildman–Crippen MR) is 578 cm³/mol. The van der Waals surface area contributed by atoms with Crippen molar-refractivity contribution in [3.05, 3.63) is 59.7 Å². The number of piperidine rings is 5. The van der Waals surface area contributed by atoms with Crippen molar-refractivity contribution in [2.45, 2.75) is 412 Å². The van der Waals surface area contributed by atoms with Gasteiger partial charge in [0.2, 0.25) is 5.91 Å². The van der Waals surface area contributed by atoms with E-state index in [0.717, 1.165) is 171 Å². The zero-order valence-electron chi connectivity index (χ0n) is 94.6. The molecule has 0 bridgehead atoms. The van der Waals surface area contributed by atoms with Gasteiger partial charge >= 0.3 is 5.97 Å². The third-order valence-electron chi connectivity index (χ3n) is 34.7. The maximum absolute atomic E-state index is 11.6. The lowest BCUT2D eigenvalue weighted by Crippen LogP contribution is -2.44. The van der Waals surface area contributed by atoms with Gasteiger partial charge in [-0.1, -0.05) is 199 Å². The number of nitrogens with one attached hydrogen (secondary N) is 1. The number of sulfone groups is 1. The summed E-state index contributed by atoms with van der Waals surface area (Å²) >= 11 is 0. The molecule has 5 saturated heterocycles. The van der Waals surface area contributed by atoms with E-state index < -0.39 is 9.84 Å². The summed E-state index contributed by atoms with van der Waals surface area (Å²) in [5, 5.41) is 46.1. The molecule has 5 aliphatic carbocycles. The van der Waals surface area contributed by atoms with E-state index in [1.807, 2.05) is 62.3 Å². The van der Waals surface area contributed by atoms with Gasteiger partial charge in [-0.15, -0.1) is 0 Å². The van der Waals surface area contributed by atoms with Crippen molar-refractivity contribution in [2.75, 3.05) is 90.5 Å². The Balaban J connectivity index is 0.000000397. The van der Waals surface area contributed by atoms with Gasteiger partial charge in [0.15, 0.2) is 0 Å². The summed E-state index contributed by atoms with van der Waals surface area (Å²) in [5.41, 5.74) is 11.0. The molecule has 4 atom stereocenters. The molecule has 788 valence electrons. The molecule has 5 saturated carbocycles. The number of carbonyl (C=O) groups is 2. The molecule has 10 fully saturated rings. The predicted octanol–water partition coefficient (Wildman–Crippen LogP) is 27.6. The van der Waals surface area contributed by atoms with Crippen molar-refractivity contribution in [2.24, 2.45) is 157 Å². The number of hydrogen-bond donors (Lipinski definition) is 2. The Kier molecular flexibility index (Phi) is 57.8. The summed E-state index contributed by atoms with van der Waals surface area (Å²) in [4.78, 5) is 40.5. The molecule has 6 heterocycles. The van der Waals surface area contributed by atoms with E-state index in [2.05, 4.69) is 247 Å². The second kappa shape index (κ2) is 63.0. The van der Waals surface area contributed by atoms with Crippen LogP contribution in [0.15, 0.2) is 43.0 Å². The SMILES string of the molecule is CC(C)(C)C1CCC(CS(C)(=O)=O)CC1.CC(C)(C)OC(=O)CC1CC(C(C)(C)C)C1.CC(C)C1(C)CCN(CCC#N)CC1.CC(C)C1(C)CCN(Cc2cncnc2)CC1.CC(C)C1(C)CCNCC1.CC(C)C1CC(CCCC#N)C1.CC(C)C1CC(CCc2cccc(C#N)c2)C1.CC(C)C1CC(N)C1.CC(C)C1CCN(CCC#N)CC1C.CC(C)C1CN(C(=O)CC#N)CCC1C. The van der Waals surface area contributed by atoms with Gasteiger partial charge in [0, 0.05) is 95.2 Å². The normalized spacial score (nSPS) is 26.1. The Bertz CT molecular complexity index is 3980. The Morgan fingerprint density at radius 1 is 0.514 bits per heavy atom. The van der Waals surface area contributed by atoms with Gasteiger partial charge in [-0.3, -0.25) is 14.5 Å². The minimum absolute atomic E-state index is 0.00458. The van der Waals surface area contributed by atoms with E-state index >= 15 is 0 Å². The zero-order valence-corrected chi connectivity index (χ0v) is 95.4. The molecule has 1 aromatic heterocycles. The van der Waals surface area contributed by atoms with Gasteiger partial charge in [-0.25, -0.2) is 18.4 Å².